The summed E-state index contributed by atoms with van der Waals surface area (Å²) >= 11 is 0. The first kappa shape index (κ1) is 20.1. The number of ether oxygens (including phenoxy) is 2. The molecule has 2 aromatic carbocycles. The zero-order valence-corrected chi connectivity index (χ0v) is 16.6. The number of amides is 1. The van der Waals surface area contributed by atoms with E-state index in [1.165, 1.54) is 13.2 Å². The first-order valence-electron chi connectivity index (χ1n) is 9.44. The Balaban J connectivity index is 1.57. The van der Waals surface area contributed by atoms with Gasteiger partial charge in [0.1, 0.15) is 5.75 Å². The van der Waals surface area contributed by atoms with Crippen LogP contribution in [0.1, 0.15) is 30.0 Å². The fraction of sp³-hybridized carbons (Fsp3) is 0.409. The van der Waals surface area contributed by atoms with Crippen molar-refractivity contribution in [3.63, 3.8) is 0 Å². The van der Waals surface area contributed by atoms with E-state index >= 15 is 0 Å². The van der Waals surface area contributed by atoms with Gasteiger partial charge in [0.2, 0.25) is 5.91 Å². The van der Waals surface area contributed by atoms with Crippen molar-refractivity contribution < 1.29 is 18.7 Å². The molecule has 1 aliphatic carbocycles. The van der Waals surface area contributed by atoms with Crippen LogP contribution in [0.25, 0.3) is 0 Å². The van der Waals surface area contributed by atoms with Gasteiger partial charge in [-0.1, -0.05) is 18.2 Å². The molecule has 1 N–H and O–H groups in total. The molecule has 0 spiro atoms. The SMILES string of the molecule is COc1ccc(C(NC(=O)CN(C)Cc2ccc(OC)c(F)c2)C2CC2)cc1. The number of nitrogens with one attached hydrogen (secondary N) is 1. The van der Waals surface area contributed by atoms with E-state index in [4.69, 9.17) is 9.47 Å². The fourth-order valence-corrected chi connectivity index (χ4v) is 3.35. The Morgan fingerprint density at radius 2 is 1.89 bits per heavy atom. The van der Waals surface area contributed by atoms with E-state index in [2.05, 4.69) is 5.32 Å². The second-order valence-electron chi connectivity index (χ2n) is 7.30. The average Bonchev–Trinajstić information content (AvgIpc) is 3.51. The largest absolute Gasteiger partial charge is 0.497 e. The first-order valence-corrected chi connectivity index (χ1v) is 9.44. The first-order chi connectivity index (χ1) is 13.5. The maximum absolute atomic E-state index is 13.8. The molecule has 5 nitrogen and oxygen atoms in total. The van der Waals surface area contributed by atoms with Crippen molar-refractivity contribution in [3.05, 3.63) is 59.4 Å². The van der Waals surface area contributed by atoms with E-state index < -0.39 is 5.82 Å². The third-order valence-electron chi connectivity index (χ3n) is 4.97. The smallest absolute Gasteiger partial charge is 0.234 e. The van der Waals surface area contributed by atoms with Crippen molar-refractivity contribution in [2.75, 3.05) is 27.8 Å². The van der Waals surface area contributed by atoms with Crippen LogP contribution in [-0.2, 0) is 11.3 Å². The van der Waals surface area contributed by atoms with Gasteiger partial charge in [-0.15, -0.1) is 0 Å². The Labute approximate surface area is 165 Å². The molecule has 1 aliphatic rings. The van der Waals surface area contributed by atoms with Gasteiger partial charge < -0.3 is 14.8 Å². The highest BCUT2D eigenvalue weighted by Crippen LogP contribution is 2.41. The predicted molar refractivity (Wildman–Crippen MR) is 106 cm³/mol. The van der Waals surface area contributed by atoms with Crippen molar-refractivity contribution in [1.82, 2.24) is 10.2 Å². The third kappa shape index (κ3) is 5.23. The Bertz CT molecular complexity index is 806. The van der Waals surface area contributed by atoms with E-state index in [9.17, 15) is 9.18 Å². The number of rotatable bonds is 9. The number of methoxy groups -OCH3 is 2. The van der Waals surface area contributed by atoms with Gasteiger partial charge in [0, 0.05) is 6.54 Å². The lowest BCUT2D eigenvalue weighted by atomic mass is 10.0. The van der Waals surface area contributed by atoms with Crippen LogP contribution in [0.5, 0.6) is 11.5 Å². The molecule has 0 radical (unpaired) electrons. The fourth-order valence-electron chi connectivity index (χ4n) is 3.35. The molecule has 1 atom stereocenters. The molecular weight excluding hydrogens is 359 g/mol. The lowest BCUT2D eigenvalue weighted by Gasteiger charge is -2.22. The third-order valence-corrected chi connectivity index (χ3v) is 4.97. The Morgan fingerprint density at radius 3 is 2.46 bits per heavy atom. The van der Waals surface area contributed by atoms with Crippen molar-refractivity contribution in [3.8, 4) is 11.5 Å². The summed E-state index contributed by atoms with van der Waals surface area (Å²) < 4.78 is 24.0. The number of likely N-dealkylation sites (N-methyl/N-ethyl adjacent to an activating group) is 1. The van der Waals surface area contributed by atoms with Crippen molar-refractivity contribution in [1.29, 1.82) is 0 Å². The maximum Gasteiger partial charge on any atom is 0.234 e. The van der Waals surface area contributed by atoms with Gasteiger partial charge in [-0.2, -0.15) is 0 Å². The van der Waals surface area contributed by atoms with Gasteiger partial charge in [0.15, 0.2) is 11.6 Å². The Kier molecular flexibility index (Phi) is 6.52. The quantitative estimate of drug-likeness (QED) is 0.716. The van der Waals surface area contributed by atoms with Crippen LogP contribution in [0.2, 0.25) is 0 Å². The number of nitrogens with zero attached hydrogens (tertiary/aromatic N) is 1. The van der Waals surface area contributed by atoms with Gasteiger partial charge in [-0.25, -0.2) is 4.39 Å². The van der Waals surface area contributed by atoms with Crippen LogP contribution in [-0.4, -0.2) is 38.6 Å². The van der Waals surface area contributed by atoms with Crippen LogP contribution in [0.3, 0.4) is 0 Å². The molecule has 1 amide bonds. The minimum Gasteiger partial charge on any atom is -0.497 e. The number of hydrogen-bond acceptors (Lipinski definition) is 4. The highest BCUT2D eigenvalue weighted by Gasteiger charge is 2.33. The second kappa shape index (κ2) is 9.06. The van der Waals surface area contributed by atoms with Gasteiger partial charge in [0.25, 0.3) is 0 Å². The minimum absolute atomic E-state index is 0.0187. The number of halogens is 1. The molecule has 28 heavy (non-hydrogen) atoms. The number of hydrogen-bond donors (Lipinski definition) is 1. The summed E-state index contributed by atoms with van der Waals surface area (Å²) in [4.78, 5) is 14.4. The molecule has 1 saturated carbocycles. The molecule has 0 aromatic heterocycles. The molecule has 2 aromatic rings. The van der Waals surface area contributed by atoms with E-state index in [1.54, 1.807) is 19.2 Å². The molecule has 1 fully saturated rings. The van der Waals surface area contributed by atoms with E-state index in [-0.39, 0.29) is 24.2 Å². The highest BCUT2D eigenvalue weighted by molar-refractivity contribution is 5.78. The average molecular weight is 386 g/mol. The Hall–Kier alpha value is -2.60. The van der Waals surface area contributed by atoms with Crippen molar-refractivity contribution in [2.45, 2.75) is 25.4 Å². The van der Waals surface area contributed by atoms with Gasteiger partial charge in [-0.05, 0) is 61.2 Å². The zero-order chi connectivity index (χ0) is 20.1. The summed E-state index contributed by atoms with van der Waals surface area (Å²) in [7, 11) is 4.93. The number of carbonyl (C=O) groups excluding carboxylic acids is 1. The molecular formula is C22H27FN2O3. The molecule has 150 valence electrons. The molecule has 0 heterocycles. The topological polar surface area (TPSA) is 50.8 Å². The zero-order valence-electron chi connectivity index (χ0n) is 16.6. The van der Waals surface area contributed by atoms with Gasteiger partial charge >= 0.3 is 0 Å². The molecule has 3 rings (SSSR count). The summed E-state index contributed by atoms with van der Waals surface area (Å²) in [6, 6.07) is 12.7. The number of carbonyl (C=O) groups is 1. The maximum atomic E-state index is 13.8. The summed E-state index contributed by atoms with van der Waals surface area (Å²) in [5.41, 5.74) is 1.89. The summed E-state index contributed by atoms with van der Waals surface area (Å²) in [5.74, 6) is 1.07. The monoisotopic (exact) mass is 386 g/mol. The van der Waals surface area contributed by atoms with E-state index in [0.717, 1.165) is 29.7 Å². The van der Waals surface area contributed by atoms with Crippen molar-refractivity contribution >= 4 is 5.91 Å². The normalized spacial score (nSPS) is 14.6. The summed E-state index contributed by atoms with van der Waals surface area (Å²) in [6.07, 6.45) is 2.25. The van der Waals surface area contributed by atoms with Crippen LogP contribution in [0.15, 0.2) is 42.5 Å². The van der Waals surface area contributed by atoms with Crippen LogP contribution in [0.4, 0.5) is 4.39 Å². The standard InChI is InChI=1S/C22H27FN2O3/c1-25(13-15-4-11-20(28-3)19(23)12-15)14-21(26)24-22(16-5-6-16)17-7-9-18(27-2)10-8-17/h4,7-12,16,22H,5-6,13-14H2,1-3H3,(H,24,26). The van der Waals surface area contributed by atoms with Crippen LogP contribution in [0, 0.1) is 11.7 Å². The van der Waals surface area contributed by atoms with Crippen molar-refractivity contribution in [2.24, 2.45) is 5.92 Å². The van der Waals surface area contributed by atoms with Crippen LogP contribution < -0.4 is 14.8 Å². The lowest BCUT2D eigenvalue weighted by molar-refractivity contribution is -0.123. The highest BCUT2D eigenvalue weighted by atomic mass is 19.1. The lowest BCUT2D eigenvalue weighted by Crippen LogP contribution is -2.37. The molecule has 1 unspecified atom stereocenters. The van der Waals surface area contributed by atoms with Crippen LogP contribution >= 0.6 is 0 Å². The molecule has 6 heteroatoms. The Morgan fingerprint density at radius 1 is 1.18 bits per heavy atom. The number of benzene rings is 2. The van der Waals surface area contributed by atoms with Gasteiger partial charge in [-0.3, -0.25) is 9.69 Å². The summed E-state index contributed by atoms with van der Waals surface area (Å²) in [6.45, 7) is 0.720. The molecule has 0 bridgehead atoms. The summed E-state index contributed by atoms with van der Waals surface area (Å²) in [5, 5.41) is 3.16. The van der Waals surface area contributed by atoms with Gasteiger partial charge in [0.05, 0.1) is 26.8 Å². The molecule has 0 saturated heterocycles. The van der Waals surface area contributed by atoms with E-state index in [0.29, 0.717) is 12.5 Å². The second-order valence-corrected chi connectivity index (χ2v) is 7.30. The molecule has 0 aliphatic heterocycles. The minimum atomic E-state index is -0.397. The van der Waals surface area contributed by atoms with E-state index in [1.807, 2.05) is 36.2 Å². The predicted octanol–water partition coefficient (Wildman–Crippen LogP) is 3.54.